The number of fused-ring (bicyclic) bond motifs is 1. The van der Waals surface area contributed by atoms with Crippen LogP contribution in [0.5, 0.6) is 11.5 Å². The Morgan fingerprint density at radius 2 is 1.93 bits per heavy atom. The molecule has 1 atom stereocenters. The minimum Gasteiger partial charge on any atom is -0.493 e. The number of methoxy groups -OCH3 is 2. The molecule has 1 N–H and O–H groups in total. The number of aromatic nitrogens is 1. The fraction of sp³-hybridized carbons (Fsp3) is 0.375. The number of ether oxygens (including phenoxy) is 2. The first-order valence-electron chi connectivity index (χ1n) is 10.1. The van der Waals surface area contributed by atoms with E-state index in [4.69, 9.17) is 14.5 Å². The second-order valence-corrected chi connectivity index (χ2v) is 7.66. The van der Waals surface area contributed by atoms with Gasteiger partial charge in [0, 0.05) is 23.5 Å². The zero-order valence-corrected chi connectivity index (χ0v) is 17.3. The first-order chi connectivity index (χ1) is 14.1. The van der Waals surface area contributed by atoms with Crippen molar-refractivity contribution in [2.24, 2.45) is 0 Å². The van der Waals surface area contributed by atoms with Crippen molar-refractivity contribution in [3.8, 4) is 22.8 Å². The topological polar surface area (TPSA) is 54.8 Å². The van der Waals surface area contributed by atoms with E-state index in [2.05, 4.69) is 36.1 Å². The number of hydrogen-bond acceptors (Lipinski definition) is 5. The van der Waals surface area contributed by atoms with Crippen LogP contribution in [-0.4, -0.2) is 48.4 Å². The summed E-state index contributed by atoms with van der Waals surface area (Å²) >= 11 is 0. The number of rotatable bonds is 6. The fourth-order valence-corrected chi connectivity index (χ4v) is 4.27. The normalized spacial score (nSPS) is 17.0. The highest BCUT2D eigenvalue weighted by Crippen LogP contribution is 2.35. The van der Waals surface area contributed by atoms with E-state index in [0.717, 1.165) is 59.2 Å². The van der Waals surface area contributed by atoms with E-state index >= 15 is 0 Å². The molecule has 1 saturated heterocycles. The van der Waals surface area contributed by atoms with Gasteiger partial charge in [-0.25, -0.2) is 4.98 Å². The first-order valence-corrected chi connectivity index (χ1v) is 10.1. The number of aryl methyl sites for hydroxylation is 1. The Morgan fingerprint density at radius 1 is 1.10 bits per heavy atom. The van der Waals surface area contributed by atoms with Gasteiger partial charge >= 0.3 is 0 Å². The summed E-state index contributed by atoms with van der Waals surface area (Å²) in [6.45, 7) is 4.07. The highest BCUT2D eigenvalue weighted by Gasteiger charge is 2.25. The molecule has 0 radical (unpaired) electrons. The van der Waals surface area contributed by atoms with Crippen LogP contribution in [-0.2, 0) is 6.54 Å². The summed E-state index contributed by atoms with van der Waals surface area (Å²) in [7, 11) is 3.29. The Labute approximate surface area is 171 Å². The Morgan fingerprint density at radius 3 is 2.69 bits per heavy atom. The molecular weight excluding hydrogens is 364 g/mol. The zero-order valence-electron chi connectivity index (χ0n) is 17.3. The SMILES string of the molecule is COc1ccc(-c2nc3c(C)cccc3cc2CN2CCC[C@H]2CO)cc1OC. The third-order valence-corrected chi connectivity index (χ3v) is 5.87. The molecule has 3 aromatic rings. The van der Waals surface area contributed by atoms with Crippen LogP contribution >= 0.6 is 0 Å². The molecule has 4 rings (SSSR count). The lowest BCUT2D eigenvalue weighted by molar-refractivity contribution is 0.153. The van der Waals surface area contributed by atoms with Crippen molar-refractivity contribution in [2.75, 3.05) is 27.4 Å². The van der Waals surface area contributed by atoms with Crippen molar-refractivity contribution >= 4 is 10.9 Å². The van der Waals surface area contributed by atoms with Gasteiger partial charge in [-0.05, 0) is 61.7 Å². The molecule has 2 heterocycles. The first kappa shape index (κ1) is 19.7. The van der Waals surface area contributed by atoms with Crippen LogP contribution in [0.15, 0.2) is 42.5 Å². The molecule has 2 aromatic carbocycles. The van der Waals surface area contributed by atoms with Gasteiger partial charge in [0.05, 0.1) is 32.0 Å². The van der Waals surface area contributed by atoms with E-state index < -0.39 is 0 Å². The Hall–Kier alpha value is -2.63. The highest BCUT2D eigenvalue weighted by molar-refractivity contribution is 5.86. The summed E-state index contributed by atoms with van der Waals surface area (Å²) in [5, 5.41) is 10.9. The molecule has 1 aromatic heterocycles. The average molecular weight is 392 g/mol. The summed E-state index contributed by atoms with van der Waals surface area (Å²) in [4.78, 5) is 7.45. The minimum atomic E-state index is 0.200. The predicted octanol–water partition coefficient (Wildman–Crippen LogP) is 4.18. The van der Waals surface area contributed by atoms with Gasteiger partial charge in [0.15, 0.2) is 11.5 Å². The zero-order chi connectivity index (χ0) is 20.4. The van der Waals surface area contributed by atoms with Gasteiger partial charge in [0.1, 0.15) is 0 Å². The largest absolute Gasteiger partial charge is 0.493 e. The number of nitrogens with zero attached hydrogens (tertiary/aromatic N) is 2. The predicted molar refractivity (Wildman–Crippen MR) is 116 cm³/mol. The number of aliphatic hydroxyl groups is 1. The highest BCUT2D eigenvalue weighted by atomic mass is 16.5. The molecule has 0 amide bonds. The molecule has 0 unspecified atom stereocenters. The van der Waals surface area contributed by atoms with Crippen molar-refractivity contribution in [1.29, 1.82) is 0 Å². The van der Waals surface area contributed by atoms with E-state index in [9.17, 15) is 5.11 Å². The van der Waals surface area contributed by atoms with Gasteiger partial charge in [-0.2, -0.15) is 0 Å². The van der Waals surface area contributed by atoms with Crippen LogP contribution in [0.3, 0.4) is 0 Å². The smallest absolute Gasteiger partial charge is 0.161 e. The Kier molecular flexibility index (Phi) is 5.69. The van der Waals surface area contributed by atoms with Crippen LogP contribution in [0.4, 0.5) is 0 Å². The molecule has 0 aliphatic carbocycles. The quantitative estimate of drug-likeness (QED) is 0.682. The van der Waals surface area contributed by atoms with E-state index in [1.54, 1.807) is 14.2 Å². The van der Waals surface area contributed by atoms with Crippen LogP contribution in [0.2, 0.25) is 0 Å². The molecule has 5 nitrogen and oxygen atoms in total. The molecule has 5 heteroatoms. The fourth-order valence-electron chi connectivity index (χ4n) is 4.27. The third kappa shape index (κ3) is 3.80. The lowest BCUT2D eigenvalue weighted by atomic mass is 10.0. The standard InChI is InChI=1S/C24H28N2O3/c1-16-6-4-7-17-12-19(14-26-11-5-8-20(26)15-27)24(25-23(16)17)18-9-10-21(28-2)22(13-18)29-3/h4,6-7,9-10,12-13,20,27H,5,8,11,14-15H2,1-3H3/t20-/m0/s1. The number of likely N-dealkylation sites (tertiary alicyclic amines) is 1. The molecule has 1 aliphatic heterocycles. The van der Waals surface area contributed by atoms with Crippen molar-refractivity contribution in [3.05, 3.63) is 53.6 Å². The second-order valence-electron chi connectivity index (χ2n) is 7.66. The maximum Gasteiger partial charge on any atom is 0.161 e. The van der Waals surface area contributed by atoms with Crippen molar-refractivity contribution in [1.82, 2.24) is 9.88 Å². The van der Waals surface area contributed by atoms with Crippen molar-refractivity contribution in [3.63, 3.8) is 0 Å². The maximum absolute atomic E-state index is 9.75. The molecular formula is C24H28N2O3. The van der Waals surface area contributed by atoms with Crippen molar-refractivity contribution in [2.45, 2.75) is 32.4 Å². The number of pyridine rings is 1. The second kappa shape index (κ2) is 8.39. The summed E-state index contributed by atoms with van der Waals surface area (Å²) < 4.78 is 10.9. The number of aliphatic hydroxyl groups excluding tert-OH is 1. The summed E-state index contributed by atoms with van der Waals surface area (Å²) in [5.74, 6) is 1.40. The van der Waals surface area contributed by atoms with Gasteiger partial charge in [-0.15, -0.1) is 0 Å². The molecule has 0 bridgehead atoms. The van der Waals surface area contributed by atoms with Gasteiger partial charge in [-0.1, -0.05) is 18.2 Å². The number of para-hydroxylation sites is 1. The van der Waals surface area contributed by atoms with Crippen LogP contribution in [0, 0.1) is 6.92 Å². The molecule has 1 aliphatic rings. The summed E-state index contributed by atoms with van der Waals surface area (Å²) in [5.41, 5.74) is 5.29. The molecule has 29 heavy (non-hydrogen) atoms. The van der Waals surface area contributed by atoms with Crippen LogP contribution < -0.4 is 9.47 Å². The van der Waals surface area contributed by atoms with Crippen LogP contribution in [0.25, 0.3) is 22.2 Å². The molecule has 1 fully saturated rings. The van der Waals surface area contributed by atoms with E-state index in [1.165, 1.54) is 0 Å². The minimum absolute atomic E-state index is 0.200. The van der Waals surface area contributed by atoms with Gasteiger partial charge in [0.25, 0.3) is 0 Å². The summed E-state index contributed by atoms with van der Waals surface area (Å²) in [6, 6.07) is 14.7. The lowest BCUT2D eigenvalue weighted by Crippen LogP contribution is -2.31. The van der Waals surface area contributed by atoms with Gasteiger partial charge in [-0.3, -0.25) is 4.90 Å². The van der Waals surface area contributed by atoms with E-state index in [-0.39, 0.29) is 12.6 Å². The number of hydrogen-bond donors (Lipinski definition) is 1. The average Bonchev–Trinajstić information content (AvgIpc) is 3.20. The molecule has 152 valence electrons. The van der Waals surface area contributed by atoms with Gasteiger partial charge < -0.3 is 14.6 Å². The summed E-state index contributed by atoms with van der Waals surface area (Å²) in [6.07, 6.45) is 2.17. The Balaban J connectivity index is 1.85. The van der Waals surface area contributed by atoms with Crippen molar-refractivity contribution < 1.29 is 14.6 Å². The number of benzene rings is 2. The maximum atomic E-state index is 9.75. The monoisotopic (exact) mass is 392 g/mol. The van der Waals surface area contributed by atoms with Crippen LogP contribution in [0.1, 0.15) is 24.0 Å². The third-order valence-electron chi connectivity index (χ3n) is 5.87. The Bertz CT molecular complexity index is 1020. The lowest BCUT2D eigenvalue weighted by Gasteiger charge is -2.24. The van der Waals surface area contributed by atoms with E-state index in [0.29, 0.717) is 11.5 Å². The van der Waals surface area contributed by atoms with E-state index in [1.807, 2.05) is 18.2 Å². The molecule has 0 saturated carbocycles. The molecule has 0 spiro atoms. The van der Waals surface area contributed by atoms with Gasteiger partial charge in [0.2, 0.25) is 0 Å².